The van der Waals surface area contributed by atoms with Crippen LogP contribution in [0.4, 0.5) is 0 Å². The second kappa shape index (κ2) is 24.8. The van der Waals surface area contributed by atoms with Crippen molar-refractivity contribution >= 4 is 42.8 Å². The molecule has 0 N–H and O–H groups in total. The van der Waals surface area contributed by atoms with Gasteiger partial charge in [-0.1, -0.05) is 60.7 Å². The average molecular weight is 631 g/mol. The number of hydrogen-bond donors (Lipinski definition) is 0. The second-order valence-corrected chi connectivity index (χ2v) is 7.31. The van der Waals surface area contributed by atoms with Crippen LogP contribution in [0.2, 0.25) is 0 Å². The molecule has 0 saturated carbocycles. The SMILES string of the molecule is Cl.Cl.[C-]1=CC(c2ccccc2)=CC1.[C-]1=CC(c2ccccc2)=CC1.[SiH2]=[Zr].[c-]1ccccc1.[c-]1ccccc1. The third kappa shape index (κ3) is 15.7. The fourth-order valence-corrected chi connectivity index (χ4v) is 3.14. The molecule has 0 bridgehead atoms. The maximum absolute atomic E-state index is 3.15. The van der Waals surface area contributed by atoms with E-state index in [0.717, 1.165) is 12.8 Å². The Labute approximate surface area is 258 Å². The second-order valence-electron chi connectivity index (χ2n) is 7.31. The zero-order valence-corrected chi connectivity index (χ0v) is 26.8. The fraction of sp³-hybridized carbons (Fsp3) is 0.0588. The molecule has 4 heteroatoms. The molecule has 194 valence electrons. The van der Waals surface area contributed by atoms with Crippen LogP contribution in [-0.2, 0) is 23.3 Å². The smallest absolute Gasteiger partial charge is 0.171 e. The van der Waals surface area contributed by atoms with Crippen molar-refractivity contribution in [3.05, 3.63) is 181 Å². The van der Waals surface area contributed by atoms with Crippen molar-refractivity contribution < 1.29 is 23.3 Å². The molecule has 0 unspecified atom stereocenters. The molecule has 0 saturated heterocycles. The Morgan fingerprint density at radius 2 is 0.789 bits per heavy atom. The van der Waals surface area contributed by atoms with Gasteiger partial charge in [-0.15, -0.1) is 48.8 Å². The first-order valence-electron chi connectivity index (χ1n) is 11.8. The molecule has 4 aromatic rings. The number of rotatable bonds is 2. The van der Waals surface area contributed by atoms with Crippen LogP contribution in [0.3, 0.4) is 0 Å². The van der Waals surface area contributed by atoms with Gasteiger partial charge in [-0.2, -0.15) is 96.1 Å². The number of benzene rings is 4. The Balaban J connectivity index is 0.000000478. The van der Waals surface area contributed by atoms with Crippen LogP contribution in [0, 0.1) is 24.3 Å². The van der Waals surface area contributed by atoms with Crippen molar-refractivity contribution in [2.24, 2.45) is 0 Å². The number of allylic oxidation sites excluding steroid dienone is 8. The van der Waals surface area contributed by atoms with Gasteiger partial charge in [0.15, 0.2) is 0 Å². The van der Waals surface area contributed by atoms with Crippen molar-refractivity contribution in [2.45, 2.75) is 12.8 Å². The quantitative estimate of drug-likeness (QED) is 0.154. The van der Waals surface area contributed by atoms with Gasteiger partial charge in [0.05, 0.1) is 0 Å². The van der Waals surface area contributed by atoms with Crippen LogP contribution >= 0.6 is 24.8 Å². The number of halogens is 2. The van der Waals surface area contributed by atoms with Crippen molar-refractivity contribution in [2.75, 3.05) is 0 Å². The normalized spacial score (nSPS) is 11.3. The van der Waals surface area contributed by atoms with E-state index < -0.39 is 0 Å². The van der Waals surface area contributed by atoms with Gasteiger partial charge >= 0.3 is 30.2 Å². The minimum Gasteiger partial charge on any atom is -0.184 e. The topological polar surface area (TPSA) is 0 Å². The van der Waals surface area contributed by atoms with E-state index in [1.54, 1.807) is 23.3 Å². The molecule has 0 atom stereocenters. The minimum absolute atomic E-state index is 0. The van der Waals surface area contributed by atoms with Gasteiger partial charge in [-0.05, 0) is 0 Å². The molecular weight excluding hydrogens is 599 g/mol. The van der Waals surface area contributed by atoms with Gasteiger partial charge < -0.3 is 0 Å². The summed E-state index contributed by atoms with van der Waals surface area (Å²) in [5.41, 5.74) is 5.17. The first-order valence-corrected chi connectivity index (χ1v) is 17.7. The van der Waals surface area contributed by atoms with Crippen LogP contribution in [0.15, 0.2) is 146 Å². The van der Waals surface area contributed by atoms with Gasteiger partial charge in [0.1, 0.15) is 0 Å². The monoisotopic (exact) mass is 628 g/mol. The van der Waals surface area contributed by atoms with E-state index in [2.05, 4.69) is 97.1 Å². The summed E-state index contributed by atoms with van der Waals surface area (Å²) in [5, 5.41) is 0. The van der Waals surface area contributed by atoms with Gasteiger partial charge in [-0.25, -0.2) is 12.2 Å². The van der Waals surface area contributed by atoms with Crippen molar-refractivity contribution in [1.82, 2.24) is 0 Å². The summed E-state index contributed by atoms with van der Waals surface area (Å²) in [6, 6.07) is 45.8. The van der Waals surface area contributed by atoms with Gasteiger partial charge in [0.2, 0.25) is 0 Å². The Kier molecular flexibility index (Phi) is 23.2. The molecule has 0 amide bonds. The molecule has 0 aromatic heterocycles. The summed E-state index contributed by atoms with van der Waals surface area (Å²) >= 11 is 1.58. The fourth-order valence-electron chi connectivity index (χ4n) is 3.14. The van der Waals surface area contributed by atoms with Crippen molar-refractivity contribution in [1.29, 1.82) is 0 Å². The molecule has 0 fully saturated rings. The Bertz CT molecular complexity index is 1040. The molecule has 0 radical (unpaired) electrons. The van der Waals surface area contributed by atoms with Crippen molar-refractivity contribution in [3.63, 3.8) is 0 Å². The van der Waals surface area contributed by atoms with Gasteiger partial charge in [0, 0.05) is 0 Å². The van der Waals surface area contributed by atoms with Crippen LogP contribution in [0.25, 0.3) is 11.1 Å². The van der Waals surface area contributed by atoms with Crippen LogP contribution in [0.1, 0.15) is 24.0 Å². The predicted molar refractivity (Wildman–Crippen MR) is 167 cm³/mol. The van der Waals surface area contributed by atoms with E-state index in [1.807, 2.05) is 79.7 Å². The van der Waals surface area contributed by atoms with Crippen LogP contribution in [-0.4, -0.2) is 6.88 Å². The molecule has 0 aliphatic heterocycles. The summed E-state index contributed by atoms with van der Waals surface area (Å²) in [5.74, 6) is 0. The third-order valence-corrected chi connectivity index (χ3v) is 4.82. The summed E-state index contributed by atoms with van der Waals surface area (Å²) in [4.78, 5) is 0. The zero-order valence-electron chi connectivity index (χ0n) is 21.3. The van der Waals surface area contributed by atoms with E-state index in [4.69, 9.17) is 0 Å². The van der Waals surface area contributed by atoms with E-state index >= 15 is 0 Å². The Morgan fingerprint density at radius 3 is 1.00 bits per heavy atom. The summed E-state index contributed by atoms with van der Waals surface area (Å²) in [7, 11) is 0. The van der Waals surface area contributed by atoms with E-state index in [1.165, 1.54) is 22.3 Å². The van der Waals surface area contributed by atoms with E-state index in [-0.39, 0.29) is 24.8 Å². The molecular formula is C34H32Cl2SiZr-4. The third-order valence-electron chi connectivity index (χ3n) is 4.82. The molecule has 2 aliphatic rings. The van der Waals surface area contributed by atoms with Gasteiger partial charge in [0.25, 0.3) is 0 Å². The van der Waals surface area contributed by atoms with Crippen LogP contribution < -0.4 is 0 Å². The molecule has 0 nitrogen and oxygen atoms in total. The van der Waals surface area contributed by atoms with Crippen molar-refractivity contribution in [3.8, 4) is 0 Å². The molecule has 2 aliphatic carbocycles. The molecule has 38 heavy (non-hydrogen) atoms. The average Bonchev–Trinajstić information content (AvgIpc) is 3.74. The molecule has 6 rings (SSSR count). The summed E-state index contributed by atoms with van der Waals surface area (Å²) in [6.07, 6.45) is 16.7. The maximum Gasteiger partial charge on any atom is -0.171 e. The molecule has 0 heterocycles. The minimum atomic E-state index is 0. The van der Waals surface area contributed by atoms with Crippen LogP contribution in [0.5, 0.6) is 0 Å². The predicted octanol–water partition coefficient (Wildman–Crippen LogP) is 8.56. The van der Waals surface area contributed by atoms with E-state index in [9.17, 15) is 0 Å². The molecule has 0 spiro atoms. The largest absolute Gasteiger partial charge is 0.184 e. The summed E-state index contributed by atoms with van der Waals surface area (Å²) < 4.78 is 0. The summed E-state index contributed by atoms with van der Waals surface area (Å²) in [6.45, 7) is 1.95. The first kappa shape index (κ1) is 35.5. The van der Waals surface area contributed by atoms with E-state index in [0.29, 0.717) is 0 Å². The zero-order chi connectivity index (χ0) is 25.5. The Hall–Kier alpha value is -2.48. The van der Waals surface area contributed by atoms with Gasteiger partial charge in [-0.3, -0.25) is 12.2 Å². The molecule has 4 aromatic carbocycles. The maximum atomic E-state index is 3.15. The standard InChI is InChI=1S/2C11H9.2C6H5.2ClH.H2Si.Zr/c2*1-2-6-10(7-3-1)11-8-4-5-9-11;2*1-2-4-6-5-3-1;;;;/h2*1-3,6-9H,4H2;2*1-5H;2*1H;1H2;/q4*-1;;;;. The Morgan fingerprint density at radius 1 is 0.474 bits per heavy atom. The number of hydrogen-bond acceptors (Lipinski definition) is 0. The first-order chi connectivity index (χ1) is 17.9.